The largest absolute Gasteiger partial charge is 0.497 e. The zero-order valence-electron chi connectivity index (χ0n) is 22.3. The Hall–Kier alpha value is -3.92. The second kappa shape index (κ2) is 13.7. The van der Waals surface area contributed by atoms with E-state index in [9.17, 15) is 22.4 Å². The molecule has 1 unspecified atom stereocenters. The van der Waals surface area contributed by atoms with Gasteiger partial charge in [0.25, 0.3) is 10.0 Å². The van der Waals surface area contributed by atoms with Crippen molar-refractivity contribution in [2.75, 3.05) is 24.5 Å². The highest BCUT2D eigenvalue weighted by Crippen LogP contribution is 2.25. The number of nitrogens with zero attached hydrogens (tertiary/aromatic N) is 2. The number of para-hydroxylation sites is 1. The Bertz CT molecular complexity index is 1350. The van der Waals surface area contributed by atoms with Gasteiger partial charge in [-0.05, 0) is 66.9 Å². The monoisotopic (exact) mass is 555 g/mol. The third kappa shape index (κ3) is 7.57. The molecule has 0 saturated heterocycles. The number of anilines is 1. The molecule has 39 heavy (non-hydrogen) atoms. The molecule has 3 rings (SSSR count). The molecule has 0 saturated carbocycles. The summed E-state index contributed by atoms with van der Waals surface area (Å²) in [5, 5.41) is 2.85. The number of ether oxygens (including phenoxy) is 1. The van der Waals surface area contributed by atoms with Gasteiger partial charge in [-0.1, -0.05) is 44.2 Å². The van der Waals surface area contributed by atoms with Gasteiger partial charge in [0, 0.05) is 13.1 Å². The summed E-state index contributed by atoms with van der Waals surface area (Å²) in [4.78, 5) is 28.3. The highest BCUT2D eigenvalue weighted by atomic mass is 32.2. The Morgan fingerprint density at radius 3 is 2.28 bits per heavy atom. The van der Waals surface area contributed by atoms with Crippen LogP contribution in [0.4, 0.5) is 10.1 Å². The zero-order chi connectivity index (χ0) is 28.4. The highest BCUT2D eigenvalue weighted by molar-refractivity contribution is 7.92. The van der Waals surface area contributed by atoms with Crippen molar-refractivity contribution in [1.29, 1.82) is 0 Å². The SMILES string of the molecule is CCCNC(=O)C(CC)N(Cc1cccc(OC)c1)C(=O)CN(c1ccccc1)S(=O)(=O)c1ccc(F)cc1. The summed E-state index contributed by atoms with van der Waals surface area (Å²) in [5.41, 5.74) is 0.983. The second-order valence-electron chi connectivity index (χ2n) is 8.89. The maximum absolute atomic E-state index is 13.9. The van der Waals surface area contributed by atoms with Crippen molar-refractivity contribution >= 4 is 27.5 Å². The van der Waals surface area contributed by atoms with Crippen LogP contribution in [-0.4, -0.2) is 51.4 Å². The molecule has 0 aliphatic rings. The molecule has 3 aromatic carbocycles. The van der Waals surface area contributed by atoms with Crippen molar-refractivity contribution in [2.45, 2.75) is 44.2 Å². The first-order chi connectivity index (χ1) is 18.7. The fourth-order valence-electron chi connectivity index (χ4n) is 4.11. The first-order valence-electron chi connectivity index (χ1n) is 12.7. The van der Waals surface area contributed by atoms with Crippen LogP contribution in [0.1, 0.15) is 32.3 Å². The molecule has 0 heterocycles. The maximum atomic E-state index is 13.9. The lowest BCUT2D eigenvalue weighted by atomic mass is 10.1. The van der Waals surface area contributed by atoms with Crippen LogP contribution in [0, 0.1) is 5.82 Å². The van der Waals surface area contributed by atoms with E-state index in [4.69, 9.17) is 4.74 Å². The molecule has 0 radical (unpaired) electrons. The number of carbonyl (C=O) groups excluding carboxylic acids is 2. The first kappa shape index (κ1) is 29.6. The molecular formula is C29H34FN3O5S. The molecule has 0 aliphatic heterocycles. The maximum Gasteiger partial charge on any atom is 0.264 e. The van der Waals surface area contributed by atoms with E-state index in [-0.39, 0.29) is 23.0 Å². The fourth-order valence-corrected chi connectivity index (χ4v) is 5.52. The normalized spacial score (nSPS) is 11.9. The number of benzene rings is 3. The van der Waals surface area contributed by atoms with Crippen molar-refractivity contribution < 1.29 is 27.1 Å². The number of rotatable bonds is 13. The van der Waals surface area contributed by atoms with E-state index < -0.39 is 34.3 Å². The molecule has 208 valence electrons. The molecule has 0 spiro atoms. The average Bonchev–Trinajstić information content (AvgIpc) is 2.95. The summed E-state index contributed by atoms with van der Waals surface area (Å²) >= 11 is 0. The van der Waals surface area contributed by atoms with Crippen LogP contribution in [0.2, 0.25) is 0 Å². The van der Waals surface area contributed by atoms with E-state index in [0.717, 1.165) is 40.6 Å². The van der Waals surface area contributed by atoms with Gasteiger partial charge in [-0.25, -0.2) is 12.8 Å². The molecule has 8 nitrogen and oxygen atoms in total. The van der Waals surface area contributed by atoms with Gasteiger partial charge < -0.3 is 15.0 Å². The number of carbonyl (C=O) groups is 2. The van der Waals surface area contributed by atoms with Crippen LogP contribution in [0.5, 0.6) is 5.75 Å². The van der Waals surface area contributed by atoms with Gasteiger partial charge in [-0.2, -0.15) is 0 Å². The summed E-state index contributed by atoms with van der Waals surface area (Å²) in [6.45, 7) is 3.68. The lowest BCUT2D eigenvalue weighted by molar-refractivity contribution is -0.140. The van der Waals surface area contributed by atoms with Crippen molar-refractivity contribution in [3.05, 3.63) is 90.2 Å². The molecule has 1 N–H and O–H groups in total. The van der Waals surface area contributed by atoms with E-state index in [1.165, 1.54) is 12.0 Å². The van der Waals surface area contributed by atoms with Crippen molar-refractivity contribution in [1.82, 2.24) is 10.2 Å². The van der Waals surface area contributed by atoms with Crippen LogP contribution < -0.4 is 14.4 Å². The Labute approximate surface area is 229 Å². The summed E-state index contributed by atoms with van der Waals surface area (Å²) < 4.78 is 47.2. The first-order valence-corrected chi connectivity index (χ1v) is 14.2. The van der Waals surface area contributed by atoms with Crippen LogP contribution in [0.3, 0.4) is 0 Å². The molecular weight excluding hydrogens is 521 g/mol. The van der Waals surface area contributed by atoms with E-state index in [0.29, 0.717) is 18.7 Å². The fraction of sp³-hybridized carbons (Fsp3) is 0.310. The van der Waals surface area contributed by atoms with Gasteiger partial charge >= 0.3 is 0 Å². The summed E-state index contributed by atoms with van der Waals surface area (Å²) in [5.74, 6) is -0.869. The number of sulfonamides is 1. The van der Waals surface area contributed by atoms with Gasteiger partial charge in [0.05, 0.1) is 17.7 Å². The van der Waals surface area contributed by atoms with Crippen LogP contribution >= 0.6 is 0 Å². The Balaban J connectivity index is 2.03. The summed E-state index contributed by atoms with van der Waals surface area (Å²) in [7, 11) is -2.72. The van der Waals surface area contributed by atoms with E-state index >= 15 is 0 Å². The van der Waals surface area contributed by atoms with Crippen LogP contribution in [0.15, 0.2) is 83.8 Å². The third-order valence-electron chi connectivity index (χ3n) is 6.15. The number of amides is 2. The minimum atomic E-state index is -4.25. The minimum absolute atomic E-state index is 0.0628. The van der Waals surface area contributed by atoms with Gasteiger partial charge in [-0.3, -0.25) is 13.9 Å². The Morgan fingerprint density at radius 2 is 1.67 bits per heavy atom. The molecule has 0 aliphatic carbocycles. The predicted octanol–water partition coefficient (Wildman–Crippen LogP) is 4.36. The molecule has 3 aromatic rings. The highest BCUT2D eigenvalue weighted by Gasteiger charge is 2.33. The number of hydrogen-bond donors (Lipinski definition) is 1. The van der Waals surface area contributed by atoms with Gasteiger partial charge in [-0.15, -0.1) is 0 Å². The van der Waals surface area contributed by atoms with Gasteiger partial charge in [0.15, 0.2) is 0 Å². The lowest BCUT2D eigenvalue weighted by Crippen LogP contribution is -2.52. The number of nitrogens with one attached hydrogen (secondary N) is 1. The molecule has 10 heteroatoms. The van der Waals surface area contributed by atoms with E-state index in [2.05, 4.69) is 5.32 Å². The van der Waals surface area contributed by atoms with Gasteiger partial charge in [0.2, 0.25) is 11.8 Å². The predicted molar refractivity (Wildman–Crippen MR) is 148 cm³/mol. The number of halogens is 1. The summed E-state index contributed by atoms with van der Waals surface area (Å²) in [6, 6.07) is 18.9. The zero-order valence-corrected chi connectivity index (χ0v) is 23.2. The third-order valence-corrected chi connectivity index (χ3v) is 7.93. The minimum Gasteiger partial charge on any atom is -0.497 e. The quantitative estimate of drug-likeness (QED) is 0.338. The van der Waals surface area contributed by atoms with E-state index in [1.807, 2.05) is 13.0 Å². The second-order valence-corrected chi connectivity index (χ2v) is 10.8. The molecule has 0 bridgehead atoms. The molecule has 2 amide bonds. The number of methoxy groups -OCH3 is 1. The van der Waals surface area contributed by atoms with Crippen LogP contribution in [0.25, 0.3) is 0 Å². The Kier molecular flexibility index (Phi) is 10.4. The van der Waals surface area contributed by atoms with Crippen molar-refractivity contribution in [2.24, 2.45) is 0 Å². The standard InChI is InChI=1S/C29H34FN3O5S/c1-4-18-31-29(35)27(5-2)32(20-22-10-9-13-25(19-22)38-3)28(34)21-33(24-11-7-6-8-12-24)39(36,37)26-16-14-23(30)15-17-26/h6-17,19,27H,4-5,18,20-21H2,1-3H3,(H,31,35). The summed E-state index contributed by atoms with van der Waals surface area (Å²) in [6.07, 6.45) is 1.05. The topological polar surface area (TPSA) is 96.0 Å². The van der Waals surface area contributed by atoms with Crippen LogP contribution in [-0.2, 0) is 26.2 Å². The lowest BCUT2D eigenvalue weighted by Gasteiger charge is -2.33. The van der Waals surface area contributed by atoms with Gasteiger partial charge in [0.1, 0.15) is 24.2 Å². The molecule has 1 atom stereocenters. The van der Waals surface area contributed by atoms with Crippen molar-refractivity contribution in [3.8, 4) is 5.75 Å². The smallest absolute Gasteiger partial charge is 0.264 e. The Morgan fingerprint density at radius 1 is 0.974 bits per heavy atom. The average molecular weight is 556 g/mol. The molecule has 0 aromatic heterocycles. The molecule has 0 fully saturated rings. The van der Waals surface area contributed by atoms with Crippen molar-refractivity contribution in [3.63, 3.8) is 0 Å². The number of hydrogen-bond acceptors (Lipinski definition) is 5. The van der Waals surface area contributed by atoms with E-state index in [1.54, 1.807) is 55.5 Å².